The van der Waals surface area contributed by atoms with E-state index in [0.717, 1.165) is 39.3 Å². The maximum atomic E-state index is 12.2. The van der Waals surface area contributed by atoms with Gasteiger partial charge in [0.05, 0.1) is 19.3 Å². The summed E-state index contributed by atoms with van der Waals surface area (Å²) in [5.41, 5.74) is 0.227. The fourth-order valence-electron chi connectivity index (χ4n) is 4.45. The molecule has 1 amide bonds. The Bertz CT molecular complexity index is 376. The lowest BCUT2D eigenvalue weighted by molar-refractivity contribution is -0.128. The van der Waals surface area contributed by atoms with Gasteiger partial charge in [0.2, 0.25) is 5.91 Å². The zero-order valence-electron chi connectivity index (χ0n) is 13.4. The number of hydrogen-bond acceptors (Lipinski definition) is 4. The Morgan fingerprint density at radius 3 is 2.48 bits per heavy atom. The molecule has 2 heterocycles. The SMILES string of the molecule is C[C@@H](N[C@@H]1CCN(C)C1=O)C1(N2CCOCC2)CCCC1. The van der Waals surface area contributed by atoms with Crippen molar-refractivity contribution in [3.05, 3.63) is 0 Å². The van der Waals surface area contributed by atoms with Crippen LogP contribution >= 0.6 is 0 Å². The van der Waals surface area contributed by atoms with Crippen LogP contribution in [0.25, 0.3) is 0 Å². The van der Waals surface area contributed by atoms with Gasteiger partial charge in [-0.1, -0.05) is 12.8 Å². The third-order valence-corrected chi connectivity index (χ3v) is 5.79. The molecule has 0 aromatic carbocycles. The van der Waals surface area contributed by atoms with E-state index in [4.69, 9.17) is 4.74 Å². The Balaban J connectivity index is 1.69. The number of likely N-dealkylation sites (N-methyl/N-ethyl adjacent to an activating group) is 1. The second-order valence-electron chi connectivity index (χ2n) is 6.90. The summed E-state index contributed by atoms with van der Waals surface area (Å²) in [5.74, 6) is 0.261. The second-order valence-corrected chi connectivity index (χ2v) is 6.90. The fraction of sp³-hybridized carbons (Fsp3) is 0.938. The van der Waals surface area contributed by atoms with Crippen molar-refractivity contribution in [3.63, 3.8) is 0 Å². The van der Waals surface area contributed by atoms with Gasteiger partial charge in [-0.15, -0.1) is 0 Å². The number of likely N-dealkylation sites (tertiary alicyclic amines) is 1. The summed E-state index contributed by atoms with van der Waals surface area (Å²) < 4.78 is 5.53. The van der Waals surface area contributed by atoms with Gasteiger partial charge < -0.3 is 15.0 Å². The van der Waals surface area contributed by atoms with Gasteiger partial charge >= 0.3 is 0 Å². The van der Waals surface area contributed by atoms with E-state index in [-0.39, 0.29) is 17.5 Å². The van der Waals surface area contributed by atoms with Crippen molar-refractivity contribution in [3.8, 4) is 0 Å². The van der Waals surface area contributed by atoms with Gasteiger partial charge in [-0.3, -0.25) is 9.69 Å². The van der Waals surface area contributed by atoms with Gasteiger partial charge in [-0.25, -0.2) is 0 Å². The van der Waals surface area contributed by atoms with Crippen LogP contribution in [0.2, 0.25) is 0 Å². The maximum absolute atomic E-state index is 12.2. The predicted molar refractivity (Wildman–Crippen MR) is 82.2 cm³/mol. The molecular formula is C16H29N3O2. The maximum Gasteiger partial charge on any atom is 0.239 e. The summed E-state index contributed by atoms with van der Waals surface area (Å²) in [6.45, 7) is 6.92. The zero-order chi connectivity index (χ0) is 14.9. The van der Waals surface area contributed by atoms with Gasteiger partial charge in [0.1, 0.15) is 0 Å². The molecule has 1 saturated carbocycles. The lowest BCUT2D eigenvalue weighted by Gasteiger charge is -2.48. The van der Waals surface area contributed by atoms with E-state index in [2.05, 4.69) is 17.1 Å². The molecule has 2 saturated heterocycles. The van der Waals surface area contributed by atoms with Crippen molar-refractivity contribution >= 4 is 5.91 Å². The Morgan fingerprint density at radius 2 is 1.90 bits per heavy atom. The van der Waals surface area contributed by atoms with E-state index in [1.165, 1.54) is 25.7 Å². The summed E-state index contributed by atoms with van der Waals surface area (Å²) in [5, 5.41) is 3.67. The first-order valence-electron chi connectivity index (χ1n) is 8.47. The van der Waals surface area contributed by atoms with Crippen LogP contribution in [0.1, 0.15) is 39.0 Å². The lowest BCUT2D eigenvalue weighted by Crippen LogP contribution is -2.63. The Hall–Kier alpha value is -0.650. The van der Waals surface area contributed by atoms with Crippen LogP contribution in [0.15, 0.2) is 0 Å². The molecule has 21 heavy (non-hydrogen) atoms. The van der Waals surface area contributed by atoms with Gasteiger partial charge in [-0.05, 0) is 26.2 Å². The number of morpholine rings is 1. The molecule has 1 aliphatic carbocycles. The van der Waals surface area contributed by atoms with Gasteiger partial charge in [0.15, 0.2) is 0 Å². The predicted octanol–water partition coefficient (Wildman–Crippen LogP) is 0.840. The average Bonchev–Trinajstić information content (AvgIpc) is 3.12. The van der Waals surface area contributed by atoms with E-state index in [0.29, 0.717) is 6.04 Å². The smallest absolute Gasteiger partial charge is 0.239 e. The summed E-state index contributed by atoms with van der Waals surface area (Å²) >= 11 is 0. The molecule has 3 fully saturated rings. The molecule has 0 radical (unpaired) electrons. The van der Waals surface area contributed by atoms with Crippen LogP contribution in [-0.2, 0) is 9.53 Å². The highest BCUT2D eigenvalue weighted by Gasteiger charge is 2.45. The van der Waals surface area contributed by atoms with E-state index in [1.54, 1.807) is 0 Å². The van der Waals surface area contributed by atoms with Gasteiger partial charge in [-0.2, -0.15) is 0 Å². The second kappa shape index (κ2) is 6.23. The van der Waals surface area contributed by atoms with Gasteiger partial charge in [0.25, 0.3) is 0 Å². The average molecular weight is 295 g/mol. The topological polar surface area (TPSA) is 44.8 Å². The van der Waals surface area contributed by atoms with Crippen molar-refractivity contribution in [2.24, 2.45) is 0 Å². The summed E-state index contributed by atoms with van der Waals surface area (Å²) in [4.78, 5) is 16.6. The lowest BCUT2D eigenvalue weighted by atomic mass is 9.86. The van der Waals surface area contributed by atoms with Crippen molar-refractivity contribution in [2.45, 2.75) is 56.7 Å². The zero-order valence-corrected chi connectivity index (χ0v) is 13.4. The van der Waals surface area contributed by atoms with Crippen LogP contribution in [0.5, 0.6) is 0 Å². The van der Waals surface area contributed by atoms with E-state index < -0.39 is 0 Å². The first-order valence-corrected chi connectivity index (χ1v) is 8.47. The van der Waals surface area contributed by atoms with Crippen LogP contribution in [-0.4, -0.2) is 73.2 Å². The third-order valence-electron chi connectivity index (χ3n) is 5.79. The Kier molecular flexibility index (Phi) is 4.52. The summed E-state index contributed by atoms with van der Waals surface area (Å²) in [6, 6.07) is 0.377. The van der Waals surface area contributed by atoms with Crippen molar-refractivity contribution < 1.29 is 9.53 Å². The molecule has 1 N–H and O–H groups in total. The Labute approximate surface area is 128 Å². The van der Waals surface area contributed by atoms with Crippen molar-refractivity contribution in [1.82, 2.24) is 15.1 Å². The molecule has 2 aliphatic heterocycles. The molecule has 0 aromatic rings. The highest BCUT2D eigenvalue weighted by molar-refractivity contribution is 5.83. The first kappa shape index (κ1) is 15.3. The van der Waals surface area contributed by atoms with Gasteiger partial charge in [0, 0.05) is 38.3 Å². The molecule has 5 heteroatoms. The minimum Gasteiger partial charge on any atom is -0.379 e. The number of nitrogens with one attached hydrogen (secondary N) is 1. The van der Waals surface area contributed by atoms with Crippen LogP contribution in [0.3, 0.4) is 0 Å². The van der Waals surface area contributed by atoms with Crippen LogP contribution < -0.4 is 5.32 Å². The highest BCUT2D eigenvalue weighted by Crippen LogP contribution is 2.39. The first-order chi connectivity index (χ1) is 10.1. The third kappa shape index (κ3) is 2.83. The molecule has 3 aliphatic rings. The number of ether oxygens (including phenoxy) is 1. The van der Waals surface area contributed by atoms with Crippen molar-refractivity contribution in [2.75, 3.05) is 39.9 Å². The molecule has 0 bridgehead atoms. The molecule has 0 spiro atoms. The summed E-state index contributed by atoms with van der Waals surface area (Å²) in [6.07, 6.45) is 6.05. The monoisotopic (exact) mass is 295 g/mol. The number of nitrogens with zero attached hydrogens (tertiary/aromatic N) is 2. The number of amides is 1. The van der Waals surface area contributed by atoms with Crippen LogP contribution in [0, 0.1) is 0 Å². The molecule has 2 atom stereocenters. The molecule has 5 nitrogen and oxygen atoms in total. The molecule has 0 aromatic heterocycles. The molecule has 0 unspecified atom stereocenters. The molecule has 3 rings (SSSR count). The standard InChI is InChI=1S/C16H29N3O2/c1-13(17-14-5-8-18(2)15(14)20)16(6-3-4-7-16)19-9-11-21-12-10-19/h13-14,17H,3-12H2,1-2H3/t13-,14-/m1/s1. The van der Waals surface area contributed by atoms with Crippen LogP contribution in [0.4, 0.5) is 0 Å². The number of rotatable bonds is 4. The quantitative estimate of drug-likeness (QED) is 0.835. The number of carbonyl (C=O) groups is 1. The van der Waals surface area contributed by atoms with E-state index in [9.17, 15) is 4.79 Å². The van der Waals surface area contributed by atoms with E-state index in [1.807, 2.05) is 11.9 Å². The number of carbonyl (C=O) groups excluding carboxylic acids is 1. The van der Waals surface area contributed by atoms with E-state index >= 15 is 0 Å². The van der Waals surface area contributed by atoms with Crippen molar-refractivity contribution in [1.29, 1.82) is 0 Å². The fourth-order valence-corrected chi connectivity index (χ4v) is 4.45. The molecular weight excluding hydrogens is 266 g/mol. The molecule has 120 valence electrons. The Morgan fingerprint density at radius 1 is 1.24 bits per heavy atom. The largest absolute Gasteiger partial charge is 0.379 e. The normalized spacial score (nSPS) is 31.8. The highest BCUT2D eigenvalue weighted by atomic mass is 16.5. The minimum absolute atomic E-state index is 0.0171. The number of hydrogen-bond donors (Lipinski definition) is 1. The summed E-state index contributed by atoms with van der Waals surface area (Å²) in [7, 11) is 1.90. The minimum atomic E-state index is 0.0171.